The molecule has 4 nitrogen and oxygen atoms in total. The zero-order chi connectivity index (χ0) is 9.26. The minimum Gasteiger partial charge on any atom is -0.391 e. The van der Waals surface area contributed by atoms with Gasteiger partial charge >= 0.3 is 0 Å². The van der Waals surface area contributed by atoms with Crippen LogP contribution >= 0.6 is 11.8 Å². The standard InChI is InChI=1S/C8H11N3OS/c1-13-8-9-4-6(5-12)7(10-8)11-2-3-11/h4,12H,2-3,5H2,1H3. The van der Waals surface area contributed by atoms with E-state index in [0.29, 0.717) is 0 Å². The second kappa shape index (κ2) is 3.51. The molecule has 0 amide bonds. The van der Waals surface area contributed by atoms with Crippen LogP contribution < -0.4 is 4.90 Å². The Kier molecular flexibility index (Phi) is 2.37. The summed E-state index contributed by atoms with van der Waals surface area (Å²) in [5, 5.41) is 9.81. The zero-order valence-electron chi connectivity index (χ0n) is 7.40. The number of anilines is 1. The van der Waals surface area contributed by atoms with Crippen molar-refractivity contribution in [2.24, 2.45) is 0 Å². The summed E-state index contributed by atoms with van der Waals surface area (Å²) in [6, 6.07) is 0. The molecule has 0 saturated carbocycles. The average molecular weight is 197 g/mol. The Hall–Kier alpha value is -0.810. The minimum atomic E-state index is 0.0144. The summed E-state index contributed by atoms with van der Waals surface area (Å²) in [7, 11) is 0. The maximum Gasteiger partial charge on any atom is 0.189 e. The van der Waals surface area contributed by atoms with Crippen molar-refractivity contribution >= 4 is 17.6 Å². The highest BCUT2D eigenvalue weighted by Crippen LogP contribution is 2.24. The average Bonchev–Trinajstić information content (AvgIpc) is 3.00. The predicted molar refractivity (Wildman–Crippen MR) is 51.9 cm³/mol. The van der Waals surface area contributed by atoms with E-state index in [1.807, 2.05) is 6.26 Å². The molecule has 1 N–H and O–H groups in total. The fraction of sp³-hybridized carbons (Fsp3) is 0.500. The van der Waals surface area contributed by atoms with E-state index in [0.717, 1.165) is 29.6 Å². The van der Waals surface area contributed by atoms with Gasteiger partial charge in [0.15, 0.2) is 5.16 Å². The van der Waals surface area contributed by atoms with Crippen LogP contribution in [-0.2, 0) is 6.61 Å². The molecule has 70 valence electrons. The van der Waals surface area contributed by atoms with Gasteiger partial charge in [0.2, 0.25) is 0 Å². The van der Waals surface area contributed by atoms with Crippen LogP contribution in [-0.4, -0.2) is 34.4 Å². The Labute approximate surface area is 81.0 Å². The normalized spacial score (nSPS) is 14.8. The lowest BCUT2D eigenvalue weighted by Crippen LogP contribution is -2.02. The van der Waals surface area contributed by atoms with E-state index in [9.17, 15) is 0 Å². The van der Waals surface area contributed by atoms with Gasteiger partial charge in [-0.3, -0.25) is 0 Å². The van der Waals surface area contributed by atoms with Gasteiger partial charge in [-0.2, -0.15) is 0 Å². The van der Waals surface area contributed by atoms with E-state index < -0.39 is 0 Å². The maximum absolute atomic E-state index is 9.05. The van der Waals surface area contributed by atoms with Gasteiger partial charge in [-0.1, -0.05) is 11.8 Å². The predicted octanol–water partition coefficient (Wildman–Crippen LogP) is 0.511. The molecule has 2 rings (SSSR count). The molecule has 0 aromatic carbocycles. The summed E-state index contributed by atoms with van der Waals surface area (Å²) in [6.07, 6.45) is 3.65. The van der Waals surface area contributed by atoms with Crippen LogP contribution in [0.5, 0.6) is 0 Å². The van der Waals surface area contributed by atoms with Gasteiger partial charge in [-0.15, -0.1) is 0 Å². The van der Waals surface area contributed by atoms with Crippen LogP contribution in [0.4, 0.5) is 5.82 Å². The molecule has 1 aromatic heterocycles. The first kappa shape index (κ1) is 8.77. The monoisotopic (exact) mass is 197 g/mol. The minimum absolute atomic E-state index is 0.0144. The van der Waals surface area contributed by atoms with Crippen LogP contribution in [0.3, 0.4) is 0 Å². The molecule has 1 aromatic rings. The Bertz CT molecular complexity index is 314. The SMILES string of the molecule is CSc1ncc(CO)c(N2CC2)n1. The fourth-order valence-corrected chi connectivity index (χ4v) is 1.46. The smallest absolute Gasteiger partial charge is 0.189 e. The number of rotatable bonds is 3. The number of aliphatic hydroxyl groups excluding tert-OH is 1. The molecular formula is C8H11N3OS. The highest BCUT2D eigenvalue weighted by atomic mass is 32.2. The first-order valence-corrected chi connectivity index (χ1v) is 5.33. The molecule has 1 fully saturated rings. The summed E-state index contributed by atoms with van der Waals surface area (Å²) in [5.41, 5.74) is 0.815. The Morgan fingerprint density at radius 2 is 2.38 bits per heavy atom. The largest absolute Gasteiger partial charge is 0.391 e. The lowest BCUT2D eigenvalue weighted by molar-refractivity contribution is 0.281. The van der Waals surface area contributed by atoms with E-state index in [1.54, 1.807) is 6.20 Å². The number of nitrogens with zero attached hydrogens (tertiary/aromatic N) is 3. The number of hydrogen-bond donors (Lipinski definition) is 1. The van der Waals surface area contributed by atoms with E-state index in [-0.39, 0.29) is 6.61 Å². The van der Waals surface area contributed by atoms with Crippen molar-refractivity contribution in [3.8, 4) is 0 Å². The summed E-state index contributed by atoms with van der Waals surface area (Å²) < 4.78 is 0. The number of aliphatic hydroxyl groups is 1. The number of hydrogen-bond acceptors (Lipinski definition) is 5. The van der Waals surface area contributed by atoms with Crippen LogP contribution in [0.25, 0.3) is 0 Å². The molecular weight excluding hydrogens is 186 g/mol. The number of thioether (sulfide) groups is 1. The van der Waals surface area contributed by atoms with Gasteiger partial charge in [-0.25, -0.2) is 9.97 Å². The molecule has 0 unspecified atom stereocenters. The summed E-state index contributed by atoms with van der Waals surface area (Å²) in [6.45, 7) is 2.09. The van der Waals surface area contributed by atoms with Crippen molar-refractivity contribution in [3.05, 3.63) is 11.8 Å². The maximum atomic E-state index is 9.05. The number of aromatic nitrogens is 2. The Morgan fingerprint density at radius 3 is 2.92 bits per heavy atom. The van der Waals surface area contributed by atoms with Gasteiger partial charge in [0.05, 0.1) is 6.61 Å². The van der Waals surface area contributed by atoms with Gasteiger partial charge in [0.25, 0.3) is 0 Å². The molecule has 1 aliphatic rings. The molecule has 0 spiro atoms. The molecule has 2 heterocycles. The van der Waals surface area contributed by atoms with E-state index >= 15 is 0 Å². The van der Waals surface area contributed by atoms with E-state index in [2.05, 4.69) is 14.9 Å². The second-order valence-electron chi connectivity index (χ2n) is 2.85. The van der Waals surface area contributed by atoms with Crippen molar-refractivity contribution in [3.63, 3.8) is 0 Å². The van der Waals surface area contributed by atoms with Gasteiger partial charge in [-0.05, 0) is 6.26 Å². The molecule has 5 heteroatoms. The van der Waals surface area contributed by atoms with E-state index in [4.69, 9.17) is 5.11 Å². The quantitative estimate of drug-likeness (QED) is 0.434. The first-order chi connectivity index (χ1) is 6.35. The highest BCUT2D eigenvalue weighted by Gasteiger charge is 2.22. The van der Waals surface area contributed by atoms with Crippen LogP contribution in [0, 0.1) is 0 Å². The summed E-state index contributed by atoms with van der Waals surface area (Å²) in [4.78, 5) is 10.6. The molecule has 0 atom stereocenters. The summed E-state index contributed by atoms with van der Waals surface area (Å²) in [5.74, 6) is 0.891. The Morgan fingerprint density at radius 1 is 1.62 bits per heavy atom. The van der Waals surface area contributed by atoms with Crippen molar-refractivity contribution in [2.45, 2.75) is 11.8 Å². The third kappa shape index (κ3) is 1.76. The van der Waals surface area contributed by atoms with Crippen molar-refractivity contribution < 1.29 is 5.11 Å². The van der Waals surface area contributed by atoms with Crippen LogP contribution in [0.15, 0.2) is 11.4 Å². The first-order valence-electron chi connectivity index (χ1n) is 4.11. The second-order valence-corrected chi connectivity index (χ2v) is 3.62. The highest BCUT2D eigenvalue weighted by molar-refractivity contribution is 7.98. The molecule has 13 heavy (non-hydrogen) atoms. The van der Waals surface area contributed by atoms with Gasteiger partial charge in [0.1, 0.15) is 5.82 Å². The third-order valence-electron chi connectivity index (χ3n) is 1.92. The molecule has 0 radical (unpaired) electrons. The topological polar surface area (TPSA) is 49.0 Å². The molecule has 1 aliphatic heterocycles. The Balaban J connectivity index is 2.35. The van der Waals surface area contributed by atoms with Gasteiger partial charge < -0.3 is 10.0 Å². The van der Waals surface area contributed by atoms with Gasteiger partial charge in [0, 0.05) is 24.8 Å². The molecule has 0 aliphatic carbocycles. The lowest BCUT2D eigenvalue weighted by atomic mass is 10.3. The van der Waals surface area contributed by atoms with Crippen molar-refractivity contribution in [1.82, 2.24) is 9.97 Å². The van der Waals surface area contributed by atoms with Crippen molar-refractivity contribution in [2.75, 3.05) is 24.2 Å². The van der Waals surface area contributed by atoms with Crippen LogP contribution in [0.1, 0.15) is 5.56 Å². The fourth-order valence-electron chi connectivity index (χ4n) is 1.13. The van der Waals surface area contributed by atoms with Crippen molar-refractivity contribution in [1.29, 1.82) is 0 Å². The van der Waals surface area contributed by atoms with Crippen LogP contribution in [0.2, 0.25) is 0 Å². The molecule has 1 saturated heterocycles. The summed E-state index contributed by atoms with van der Waals surface area (Å²) >= 11 is 1.52. The lowest BCUT2D eigenvalue weighted by Gasteiger charge is -2.07. The molecule has 0 bridgehead atoms. The van der Waals surface area contributed by atoms with E-state index in [1.165, 1.54) is 11.8 Å². The third-order valence-corrected chi connectivity index (χ3v) is 2.48. The zero-order valence-corrected chi connectivity index (χ0v) is 8.21.